The molecule has 0 aromatic heterocycles. The molecular weight excluding hydrogens is 460 g/mol. The fraction of sp³-hybridized carbons (Fsp3) is 0.429. The van der Waals surface area contributed by atoms with Gasteiger partial charge in [-0.15, -0.1) is 0 Å². The zero-order valence-electron chi connectivity index (χ0n) is 21.3. The Morgan fingerprint density at radius 3 is 2.06 bits per heavy atom. The van der Waals surface area contributed by atoms with Crippen molar-refractivity contribution in [3.8, 4) is 0 Å². The van der Waals surface area contributed by atoms with Crippen LogP contribution in [0.3, 0.4) is 0 Å². The molecule has 1 aliphatic carbocycles. The van der Waals surface area contributed by atoms with E-state index in [9.17, 15) is 29.4 Å². The van der Waals surface area contributed by atoms with Crippen molar-refractivity contribution < 1.29 is 29.4 Å². The number of nitrogens with one attached hydrogen (secondary N) is 2. The van der Waals surface area contributed by atoms with Crippen molar-refractivity contribution in [3.63, 3.8) is 0 Å². The van der Waals surface area contributed by atoms with Crippen LogP contribution in [-0.2, 0) is 20.8 Å². The topological polar surface area (TPSA) is 133 Å². The van der Waals surface area contributed by atoms with E-state index in [-0.39, 0.29) is 12.3 Å². The van der Waals surface area contributed by atoms with Gasteiger partial charge in [-0.3, -0.25) is 14.4 Å². The summed E-state index contributed by atoms with van der Waals surface area (Å²) < 4.78 is 0. The molecule has 0 spiro atoms. The predicted octanol–water partition coefficient (Wildman–Crippen LogP) is 4.19. The Morgan fingerprint density at radius 1 is 0.972 bits per heavy atom. The van der Waals surface area contributed by atoms with Crippen molar-refractivity contribution in [1.82, 2.24) is 5.32 Å². The highest BCUT2D eigenvalue weighted by atomic mass is 16.4. The van der Waals surface area contributed by atoms with Crippen LogP contribution >= 0.6 is 0 Å². The largest absolute Gasteiger partial charge is 0.481 e. The van der Waals surface area contributed by atoms with Gasteiger partial charge >= 0.3 is 11.9 Å². The first-order valence-electron chi connectivity index (χ1n) is 12.0. The lowest BCUT2D eigenvalue weighted by atomic mass is 9.65. The Hall–Kier alpha value is -3.68. The van der Waals surface area contributed by atoms with Crippen LogP contribution in [0.2, 0.25) is 0 Å². The van der Waals surface area contributed by atoms with E-state index in [1.54, 1.807) is 45.0 Å². The minimum atomic E-state index is -1.17. The monoisotopic (exact) mass is 494 g/mol. The fourth-order valence-electron chi connectivity index (χ4n) is 5.14. The molecule has 4 N–H and O–H groups in total. The predicted molar refractivity (Wildman–Crippen MR) is 136 cm³/mol. The summed E-state index contributed by atoms with van der Waals surface area (Å²) in [7, 11) is 0. The molecule has 0 bridgehead atoms. The van der Waals surface area contributed by atoms with E-state index in [0.29, 0.717) is 29.7 Å². The molecule has 3 atom stereocenters. The molecule has 192 valence electrons. The first kappa shape index (κ1) is 26.9. The summed E-state index contributed by atoms with van der Waals surface area (Å²) in [5.41, 5.74) is 1.71. The number of benzene rings is 2. The van der Waals surface area contributed by atoms with Gasteiger partial charge in [-0.2, -0.15) is 0 Å². The van der Waals surface area contributed by atoms with Gasteiger partial charge in [0.2, 0.25) is 5.91 Å². The van der Waals surface area contributed by atoms with Crippen LogP contribution in [0, 0.1) is 30.6 Å². The van der Waals surface area contributed by atoms with Crippen LogP contribution in [0.25, 0.3) is 0 Å². The average Bonchev–Trinajstić information content (AvgIpc) is 3.04. The number of carboxylic acid groups (broad SMARTS) is 2. The summed E-state index contributed by atoms with van der Waals surface area (Å²) in [6.07, 6.45) is 0.776. The Morgan fingerprint density at radius 2 is 1.56 bits per heavy atom. The lowest BCUT2D eigenvalue weighted by Crippen LogP contribution is -2.49. The Labute approximate surface area is 211 Å². The van der Waals surface area contributed by atoms with E-state index in [0.717, 1.165) is 11.1 Å². The fourth-order valence-corrected chi connectivity index (χ4v) is 5.14. The summed E-state index contributed by atoms with van der Waals surface area (Å²) >= 11 is 0. The number of hydrogen-bond acceptors (Lipinski definition) is 4. The van der Waals surface area contributed by atoms with Crippen LogP contribution in [-0.4, -0.2) is 40.0 Å². The maximum absolute atomic E-state index is 13.0. The molecule has 2 amide bonds. The number of carbonyl (C=O) groups is 4. The number of aryl methyl sites for hydroxylation is 2. The molecular formula is C28H34N2O6. The molecule has 8 heteroatoms. The van der Waals surface area contributed by atoms with E-state index in [1.807, 2.05) is 32.0 Å². The standard InChI is InChI=1S/C28H34N2O6/c1-16-7-6-8-17(2)22(16)24(32)29-19-11-9-18(10-12-19)15-21(25(33)34)30-23(31)20-13-14-28(5,26(35)36)27(20,3)4/h6-12,20-21H,13-15H2,1-5H3,(H,29,32)(H,30,31)(H,33,34)(H,35,36)/t20-,21+,28+/m1/s1. The van der Waals surface area contributed by atoms with Crippen LogP contribution in [0.1, 0.15) is 60.7 Å². The van der Waals surface area contributed by atoms with Gasteiger partial charge in [-0.1, -0.05) is 44.2 Å². The highest BCUT2D eigenvalue weighted by molar-refractivity contribution is 6.06. The smallest absolute Gasteiger partial charge is 0.326 e. The van der Waals surface area contributed by atoms with Gasteiger partial charge in [0, 0.05) is 23.6 Å². The Bertz CT molecular complexity index is 1170. The van der Waals surface area contributed by atoms with E-state index in [1.165, 1.54) is 0 Å². The van der Waals surface area contributed by atoms with Crippen molar-refractivity contribution in [2.75, 3.05) is 5.32 Å². The molecule has 0 radical (unpaired) electrons. The SMILES string of the molecule is Cc1cccc(C)c1C(=O)Nc1ccc(C[C@H](NC(=O)[C@H]2CC[C@@](C)(C(=O)O)C2(C)C)C(=O)O)cc1. The van der Waals surface area contributed by atoms with Crippen LogP contribution in [0.15, 0.2) is 42.5 Å². The van der Waals surface area contributed by atoms with Crippen molar-refractivity contribution in [2.45, 2.75) is 59.9 Å². The summed E-state index contributed by atoms with van der Waals surface area (Å²) in [6, 6.07) is 11.3. The lowest BCUT2D eigenvalue weighted by molar-refractivity contribution is -0.155. The molecule has 0 saturated heterocycles. The van der Waals surface area contributed by atoms with Gasteiger partial charge in [0.15, 0.2) is 0 Å². The van der Waals surface area contributed by atoms with E-state index < -0.39 is 40.6 Å². The summed E-state index contributed by atoms with van der Waals surface area (Å²) in [5, 5.41) is 24.9. The lowest BCUT2D eigenvalue weighted by Gasteiger charge is -2.38. The van der Waals surface area contributed by atoms with Crippen LogP contribution in [0.5, 0.6) is 0 Å². The zero-order valence-corrected chi connectivity index (χ0v) is 21.3. The molecule has 2 aromatic carbocycles. The molecule has 3 rings (SSSR count). The number of rotatable bonds is 8. The van der Waals surface area contributed by atoms with Gasteiger partial charge in [0.25, 0.3) is 5.91 Å². The first-order chi connectivity index (χ1) is 16.8. The minimum Gasteiger partial charge on any atom is -0.481 e. The number of anilines is 1. The third-order valence-corrected chi connectivity index (χ3v) is 7.99. The second kappa shape index (κ2) is 10.1. The van der Waals surface area contributed by atoms with E-state index in [4.69, 9.17) is 0 Å². The first-order valence-corrected chi connectivity index (χ1v) is 12.0. The van der Waals surface area contributed by atoms with Crippen molar-refractivity contribution in [2.24, 2.45) is 16.7 Å². The van der Waals surface area contributed by atoms with Gasteiger partial charge < -0.3 is 20.8 Å². The molecule has 2 aromatic rings. The van der Waals surface area contributed by atoms with Gasteiger partial charge in [0.1, 0.15) is 6.04 Å². The second-order valence-electron chi connectivity index (χ2n) is 10.5. The number of hydrogen-bond donors (Lipinski definition) is 4. The average molecular weight is 495 g/mol. The Kier molecular flexibility index (Phi) is 7.57. The maximum Gasteiger partial charge on any atom is 0.326 e. The molecule has 1 saturated carbocycles. The highest BCUT2D eigenvalue weighted by Gasteiger charge is 2.58. The number of aliphatic carboxylic acids is 2. The van der Waals surface area contributed by atoms with Crippen molar-refractivity contribution in [3.05, 3.63) is 64.7 Å². The highest BCUT2D eigenvalue weighted by Crippen LogP contribution is 2.56. The van der Waals surface area contributed by atoms with Crippen LogP contribution < -0.4 is 10.6 Å². The minimum absolute atomic E-state index is 0.0511. The summed E-state index contributed by atoms with van der Waals surface area (Å²) in [5.74, 6) is -3.41. The quantitative estimate of drug-likeness (QED) is 0.435. The van der Waals surface area contributed by atoms with Crippen molar-refractivity contribution >= 4 is 29.4 Å². The third-order valence-electron chi connectivity index (χ3n) is 7.99. The van der Waals surface area contributed by atoms with E-state index >= 15 is 0 Å². The molecule has 0 heterocycles. The van der Waals surface area contributed by atoms with Crippen LogP contribution in [0.4, 0.5) is 5.69 Å². The molecule has 0 unspecified atom stereocenters. The number of carboxylic acids is 2. The molecule has 1 aliphatic rings. The zero-order chi connectivity index (χ0) is 26.8. The van der Waals surface area contributed by atoms with Gasteiger partial charge in [0.05, 0.1) is 5.41 Å². The number of amides is 2. The molecule has 36 heavy (non-hydrogen) atoms. The molecule has 1 fully saturated rings. The molecule has 0 aliphatic heterocycles. The summed E-state index contributed by atoms with van der Waals surface area (Å²) in [6.45, 7) is 8.89. The normalized spacial score (nSPS) is 21.4. The summed E-state index contributed by atoms with van der Waals surface area (Å²) in [4.78, 5) is 49.5. The third kappa shape index (κ3) is 5.12. The Balaban J connectivity index is 1.68. The maximum atomic E-state index is 13.0. The second-order valence-corrected chi connectivity index (χ2v) is 10.5. The molecule has 8 nitrogen and oxygen atoms in total. The van der Waals surface area contributed by atoms with Gasteiger partial charge in [-0.05, 0) is 67.9 Å². The van der Waals surface area contributed by atoms with Gasteiger partial charge in [-0.25, -0.2) is 4.79 Å². The van der Waals surface area contributed by atoms with E-state index in [2.05, 4.69) is 10.6 Å². The van der Waals surface area contributed by atoms with Crippen molar-refractivity contribution in [1.29, 1.82) is 0 Å². The number of carbonyl (C=O) groups excluding carboxylic acids is 2.